The highest BCUT2D eigenvalue weighted by Crippen LogP contribution is 0.787. The summed E-state index contributed by atoms with van der Waals surface area (Å²) in [5.41, 5.74) is 0. The Balaban J connectivity index is -0.0000000360. The van der Waals surface area contributed by atoms with E-state index < -0.39 is 0 Å². The first kappa shape index (κ1) is 16.8. The van der Waals surface area contributed by atoms with Gasteiger partial charge in [0, 0.05) is 9.93 Å². The van der Waals surface area contributed by atoms with Gasteiger partial charge in [0.15, 0.2) is 0 Å². The van der Waals surface area contributed by atoms with Crippen LogP contribution in [-0.4, -0.2) is 16.7 Å². The molecule has 0 amide bonds. The molecule has 0 bridgehead atoms. The molecular formula is CH2O6. The molecule has 0 aliphatic rings. The maximum absolute atomic E-state index is 8.12. The summed E-state index contributed by atoms with van der Waals surface area (Å²) >= 11 is 0. The maximum Gasteiger partial charge on any atom is 0.373 e. The number of carbonyl (C=O) groups excluding carboxylic acids is 2. The lowest BCUT2D eigenvalue weighted by Gasteiger charge is -1.25. The minimum absolute atomic E-state index is 0.250. The number of hydrogen-bond donors (Lipinski definition) is 2. The van der Waals surface area contributed by atoms with E-state index in [-0.39, 0.29) is 6.15 Å². The van der Waals surface area contributed by atoms with Gasteiger partial charge in [0.05, 0.1) is 0 Å². The lowest BCUT2D eigenvalue weighted by molar-refractivity contribution is -0.191. The van der Waals surface area contributed by atoms with Crippen LogP contribution in [0.1, 0.15) is 0 Å². The predicted octanol–water partition coefficient (Wildman–Crippen LogP) is -0.499. The second-order valence-corrected chi connectivity index (χ2v) is 0.0833. The molecule has 0 aromatic carbocycles. The molecule has 0 aliphatic carbocycles. The molecular weight excluding hydrogens is 108 g/mol. The van der Waals surface area contributed by atoms with Gasteiger partial charge in [-0.15, -0.1) is 0 Å². The number of hydrogen-bond acceptors (Lipinski definition) is 6. The Morgan fingerprint density at radius 3 is 1.00 bits per heavy atom. The van der Waals surface area contributed by atoms with E-state index in [1.165, 1.54) is 0 Å². The Morgan fingerprint density at radius 1 is 1.00 bits per heavy atom. The van der Waals surface area contributed by atoms with Gasteiger partial charge in [-0.1, -0.05) is 0 Å². The van der Waals surface area contributed by atoms with Crippen molar-refractivity contribution in [3.63, 3.8) is 0 Å². The van der Waals surface area contributed by atoms with Gasteiger partial charge in [0.25, 0.3) is 0 Å². The highest BCUT2D eigenvalue weighted by Gasteiger charge is 1.13. The Bertz CT molecular complexity index is 33.4. The van der Waals surface area contributed by atoms with Gasteiger partial charge >= 0.3 is 6.15 Å². The zero-order chi connectivity index (χ0) is 6.71. The van der Waals surface area contributed by atoms with Crippen molar-refractivity contribution in [2.45, 2.75) is 0 Å². The summed E-state index contributed by atoms with van der Waals surface area (Å²) in [6.07, 6.45) is 0.250. The summed E-state index contributed by atoms with van der Waals surface area (Å²) in [6, 6.07) is 0. The molecule has 6 heteroatoms. The van der Waals surface area contributed by atoms with E-state index in [9.17, 15) is 0 Å². The molecule has 7 heavy (non-hydrogen) atoms. The summed E-state index contributed by atoms with van der Waals surface area (Å²) in [6.45, 7) is 0. The summed E-state index contributed by atoms with van der Waals surface area (Å²) in [7, 11) is 0. The summed E-state index contributed by atoms with van der Waals surface area (Å²) in [5.74, 6) is 0. The molecule has 0 saturated heterocycles. The van der Waals surface area contributed by atoms with Crippen LogP contribution in [0.4, 0.5) is 0 Å². The van der Waals surface area contributed by atoms with Gasteiger partial charge in [-0.05, 0) is 0 Å². The Kier molecular flexibility index (Phi) is 17900. The van der Waals surface area contributed by atoms with Crippen LogP contribution >= 0.6 is 0 Å². The third-order valence-corrected chi connectivity index (χ3v) is 0. The normalized spacial score (nSPS) is 2.57. The van der Waals surface area contributed by atoms with E-state index in [0.29, 0.717) is 0 Å². The van der Waals surface area contributed by atoms with Crippen molar-refractivity contribution >= 4 is 6.15 Å². The Morgan fingerprint density at radius 2 is 1.00 bits per heavy atom. The predicted molar refractivity (Wildman–Crippen MR) is 17.0 cm³/mol. The van der Waals surface area contributed by atoms with Crippen molar-refractivity contribution in [1.82, 2.24) is 0 Å². The van der Waals surface area contributed by atoms with E-state index in [1.54, 1.807) is 0 Å². The van der Waals surface area contributed by atoms with Crippen LogP contribution in [0, 0.1) is 9.93 Å². The van der Waals surface area contributed by atoms with Crippen LogP contribution in [0.3, 0.4) is 0 Å². The van der Waals surface area contributed by atoms with Crippen molar-refractivity contribution in [3.05, 3.63) is 9.93 Å². The summed E-state index contributed by atoms with van der Waals surface area (Å²) < 4.78 is 0. The van der Waals surface area contributed by atoms with Crippen molar-refractivity contribution in [1.29, 1.82) is 0 Å². The van der Waals surface area contributed by atoms with Crippen molar-refractivity contribution in [2.24, 2.45) is 0 Å². The van der Waals surface area contributed by atoms with E-state index in [1.807, 2.05) is 0 Å². The fraction of sp³-hybridized carbons (Fsp3) is 0. The maximum atomic E-state index is 8.12. The van der Waals surface area contributed by atoms with Crippen molar-refractivity contribution < 1.29 is 20.1 Å². The molecule has 0 fully saturated rings. The molecule has 0 aromatic rings. The lowest BCUT2D eigenvalue weighted by Crippen LogP contribution is -1.29. The lowest BCUT2D eigenvalue weighted by atomic mass is 11.8. The number of rotatable bonds is 0. The fourth-order valence-electron chi connectivity index (χ4n) is 0. The standard InChI is InChI=1S/CO2.H2O2.O2/c2-1-3;2*1-2/h;1-2H;. The summed E-state index contributed by atoms with van der Waals surface area (Å²) in [4.78, 5) is 30.2. The van der Waals surface area contributed by atoms with Crippen LogP contribution in [0.15, 0.2) is 0 Å². The molecule has 0 radical (unpaired) electrons. The van der Waals surface area contributed by atoms with Gasteiger partial charge in [-0.25, -0.2) is 0 Å². The average molecular weight is 110 g/mol. The van der Waals surface area contributed by atoms with E-state index >= 15 is 0 Å². The van der Waals surface area contributed by atoms with Crippen LogP contribution in [0.25, 0.3) is 0 Å². The molecule has 0 rings (SSSR count). The van der Waals surface area contributed by atoms with Gasteiger partial charge in [-0.3, -0.25) is 10.5 Å². The van der Waals surface area contributed by atoms with Gasteiger partial charge in [0.2, 0.25) is 0 Å². The van der Waals surface area contributed by atoms with Crippen LogP contribution in [0.5, 0.6) is 0 Å². The minimum Gasteiger partial charge on any atom is -0.255 e. The van der Waals surface area contributed by atoms with Crippen LogP contribution in [0.2, 0.25) is 0 Å². The molecule has 42 valence electrons. The highest BCUT2D eigenvalue weighted by atomic mass is 17.0. The van der Waals surface area contributed by atoms with Crippen molar-refractivity contribution in [2.75, 3.05) is 0 Å². The Labute approximate surface area is 37.5 Å². The molecule has 0 saturated carbocycles. The highest BCUT2D eigenvalue weighted by molar-refractivity contribution is 5.20. The zero-order valence-corrected chi connectivity index (χ0v) is 3.03. The minimum atomic E-state index is 0.250. The first-order valence-electron chi connectivity index (χ1n) is 0.775. The third kappa shape index (κ3) is 34.1. The molecule has 6 nitrogen and oxygen atoms in total. The molecule has 0 atom stereocenters. The molecule has 0 heterocycles. The monoisotopic (exact) mass is 110 g/mol. The zero-order valence-electron chi connectivity index (χ0n) is 3.03. The molecule has 0 unspecified atom stereocenters. The quantitative estimate of drug-likeness (QED) is 0.321. The first-order chi connectivity index (χ1) is 3.41. The largest absolute Gasteiger partial charge is 0.373 e. The summed E-state index contributed by atoms with van der Waals surface area (Å²) in [5, 5.41) is 12.0. The van der Waals surface area contributed by atoms with E-state index in [2.05, 4.69) is 0 Å². The molecule has 2 N–H and O–H groups in total. The third-order valence-electron chi connectivity index (χ3n) is 0. The topological polar surface area (TPSA) is 109 Å². The van der Waals surface area contributed by atoms with E-state index in [0.717, 1.165) is 0 Å². The average Bonchev–Trinajstić information content (AvgIpc) is 1.78. The SMILES string of the molecule is O=C=O.O=O.OO. The second kappa shape index (κ2) is 7450. The Hall–Kier alpha value is -1.10. The second-order valence-electron chi connectivity index (χ2n) is 0.0833. The smallest absolute Gasteiger partial charge is 0.255 e. The first-order valence-corrected chi connectivity index (χ1v) is 0.775. The van der Waals surface area contributed by atoms with E-state index in [4.69, 9.17) is 30.0 Å². The van der Waals surface area contributed by atoms with Crippen molar-refractivity contribution in [3.8, 4) is 0 Å². The molecule has 0 spiro atoms. The molecule has 0 aliphatic heterocycles. The molecule has 0 aromatic heterocycles. The fourth-order valence-corrected chi connectivity index (χ4v) is 0. The van der Waals surface area contributed by atoms with Crippen LogP contribution < -0.4 is 0 Å². The van der Waals surface area contributed by atoms with Gasteiger partial charge in [-0.2, -0.15) is 9.59 Å². The van der Waals surface area contributed by atoms with Gasteiger partial charge < -0.3 is 0 Å². The van der Waals surface area contributed by atoms with Crippen LogP contribution in [-0.2, 0) is 9.59 Å². The van der Waals surface area contributed by atoms with Gasteiger partial charge in [0.1, 0.15) is 0 Å².